The van der Waals surface area contributed by atoms with Crippen LogP contribution < -0.4 is 19.3 Å². The van der Waals surface area contributed by atoms with Crippen molar-refractivity contribution >= 4 is 18.2 Å². The Morgan fingerprint density at radius 1 is 0.815 bits per heavy atom. The van der Waals surface area contributed by atoms with E-state index in [1.807, 2.05) is 24.3 Å². The molecule has 1 aliphatic rings. The van der Waals surface area contributed by atoms with Crippen molar-refractivity contribution in [1.29, 1.82) is 0 Å². The van der Waals surface area contributed by atoms with Crippen LogP contribution in [-0.2, 0) is 4.57 Å². The van der Waals surface area contributed by atoms with Gasteiger partial charge in [-0.1, -0.05) is 42.5 Å². The lowest BCUT2D eigenvalue weighted by Gasteiger charge is -2.28. The van der Waals surface area contributed by atoms with Crippen LogP contribution in [0.5, 0.6) is 17.2 Å². The summed E-state index contributed by atoms with van der Waals surface area (Å²) in [6.07, 6.45) is 0. The van der Waals surface area contributed by atoms with Gasteiger partial charge in [0.05, 0.1) is 19.5 Å². The molecule has 27 heavy (non-hydrogen) atoms. The Bertz CT molecular complexity index is 1070. The van der Waals surface area contributed by atoms with Gasteiger partial charge in [-0.2, -0.15) is 0 Å². The maximum atomic E-state index is 14.0. The van der Waals surface area contributed by atoms with E-state index in [0.29, 0.717) is 11.1 Å². The number of rotatable bonds is 4. The van der Waals surface area contributed by atoms with E-state index in [1.54, 1.807) is 42.5 Å². The second-order valence-electron chi connectivity index (χ2n) is 6.00. The Kier molecular flexibility index (Phi) is 4.25. The van der Waals surface area contributed by atoms with E-state index in [0.717, 1.165) is 11.1 Å². The number of ether oxygens (including phenoxy) is 2. The summed E-state index contributed by atoms with van der Waals surface area (Å²) >= 11 is 0. The van der Waals surface area contributed by atoms with Crippen molar-refractivity contribution in [2.75, 3.05) is 14.2 Å². The molecule has 0 radical (unpaired) electrons. The minimum Gasteiger partial charge on any atom is -0.496 e. The molecule has 6 heteroatoms. The Balaban J connectivity index is 1.96. The summed E-state index contributed by atoms with van der Waals surface area (Å²) in [7, 11) is -1.03. The fraction of sp³-hybridized carbons (Fsp3) is 0.0952. The lowest BCUT2D eigenvalue weighted by molar-refractivity contribution is 0.106. The van der Waals surface area contributed by atoms with Crippen molar-refractivity contribution in [3.05, 3.63) is 72.3 Å². The Labute approximate surface area is 157 Å². The Hall–Kier alpha value is -3.04. The molecule has 1 atom stereocenters. The molecule has 0 spiro atoms. The number of fused-ring (bicyclic) bond motifs is 3. The molecule has 1 aliphatic heterocycles. The van der Waals surface area contributed by atoms with Crippen LogP contribution in [0.25, 0.3) is 11.1 Å². The van der Waals surface area contributed by atoms with Gasteiger partial charge in [0.15, 0.2) is 0 Å². The predicted octanol–water partition coefficient (Wildman–Crippen LogP) is 4.51. The van der Waals surface area contributed by atoms with E-state index in [4.69, 9.17) is 14.0 Å². The SMILES string of the molecule is COc1cccc(OC)c1C(=O)P1(=O)Oc2ccccc2-c2ccccc21. The molecule has 0 bridgehead atoms. The van der Waals surface area contributed by atoms with Crippen molar-refractivity contribution in [3.63, 3.8) is 0 Å². The van der Waals surface area contributed by atoms with Crippen LogP contribution in [-0.4, -0.2) is 19.7 Å². The highest BCUT2D eigenvalue weighted by Crippen LogP contribution is 2.57. The smallest absolute Gasteiger partial charge is 0.347 e. The zero-order valence-corrected chi connectivity index (χ0v) is 15.7. The highest BCUT2D eigenvalue weighted by molar-refractivity contribution is 7.84. The largest absolute Gasteiger partial charge is 0.496 e. The first-order chi connectivity index (χ1) is 13.1. The predicted molar refractivity (Wildman–Crippen MR) is 104 cm³/mol. The van der Waals surface area contributed by atoms with Crippen LogP contribution in [0.15, 0.2) is 66.7 Å². The maximum absolute atomic E-state index is 14.0. The number of carbonyl (C=O) groups is 1. The fourth-order valence-electron chi connectivity index (χ4n) is 3.27. The highest BCUT2D eigenvalue weighted by Gasteiger charge is 2.45. The molecule has 1 heterocycles. The summed E-state index contributed by atoms with van der Waals surface area (Å²) in [5.74, 6) is 0.991. The number of benzene rings is 3. The van der Waals surface area contributed by atoms with Gasteiger partial charge in [0.1, 0.15) is 22.8 Å². The Morgan fingerprint density at radius 3 is 2.07 bits per heavy atom. The first-order valence-corrected chi connectivity index (χ1v) is 9.97. The molecule has 1 unspecified atom stereocenters. The normalized spacial score (nSPS) is 17.3. The minimum absolute atomic E-state index is 0.111. The van der Waals surface area contributed by atoms with E-state index >= 15 is 0 Å². The van der Waals surface area contributed by atoms with Crippen LogP contribution in [0.4, 0.5) is 0 Å². The van der Waals surface area contributed by atoms with E-state index in [-0.39, 0.29) is 17.1 Å². The van der Waals surface area contributed by atoms with Gasteiger partial charge in [0.25, 0.3) is 5.52 Å². The molecule has 0 aromatic heterocycles. The van der Waals surface area contributed by atoms with E-state index < -0.39 is 12.9 Å². The van der Waals surface area contributed by atoms with E-state index in [9.17, 15) is 9.36 Å². The number of methoxy groups -OCH3 is 2. The average Bonchev–Trinajstić information content (AvgIpc) is 2.72. The number of hydrogen-bond donors (Lipinski definition) is 0. The third-order valence-corrected chi connectivity index (χ3v) is 6.77. The quantitative estimate of drug-likeness (QED) is 0.624. The molecular formula is C21H17O5P. The van der Waals surface area contributed by atoms with Crippen molar-refractivity contribution in [2.24, 2.45) is 0 Å². The summed E-state index contributed by atoms with van der Waals surface area (Å²) in [4.78, 5) is 13.5. The number of para-hydroxylation sites is 1. The van der Waals surface area contributed by atoms with Crippen molar-refractivity contribution in [1.82, 2.24) is 0 Å². The highest BCUT2D eigenvalue weighted by atomic mass is 31.2. The number of carbonyl (C=O) groups excluding carboxylic acids is 1. The monoisotopic (exact) mass is 380 g/mol. The van der Waals surface area contributed by atoms with Crippen LogP contribution in [0.2, 0.25) is 0 Å². The topological polar surface area (TPSA) is 61.8 Å². The molecule has 5 nitrogen and oxygen atoms in total. The Morgan fingerprint density at radius 2 is 1.41 bits per heavy atom. The summed E-state index contributed by atoms with van der Waals surface area (Å²) in [5, 5.41) is 0.377. The lowest BCUT2D eigenvalue weighted by atomic mass is 10.0. The summed E-state index contributed by atoms with van der Waals surface area (Å²) in [5.41, 5.74) is 0.989. The zero-order chi connectivity index (χ0) is 19.0. The van der Waals surface area contributed by atoms with Crippen LogP contribution >= 0.6 is 7.37 Å². The molecule has 0 N–H and O–H groups in total. The van der Waals surface area contributed by atoms with Gasteiger partial charge in [0.2, 0.25) is 0 Å². The molecule has 136 valence electrons. The zero-order valence-electron chi connectivity index (χ0n) is 14.8. The van der Waals surface area contributed by atoms with Crippen molar-refractivity contribution in [3.8, 4) is 28.4 Å². The van der Waals surface area contributed by atoms with Crippen LogP contribution in [0, 0.1) is 0 Å². The molecule has 0 saturated heterocycles. The molecule has 4 rings (SSSR count). The van der Waals surface area contributed by atoms with Gasteiger partial charge >= 0.3 is 7.37 Å². The third-order valence-electron chi connectivity index (χ3n) is 4.53. The molecule has 0 amide bonds. The average molecular weight is 380 g/mol. The van der Waals surface area contributed by atoms with Crippen molar-refractivity contribution in [2.45, 2.75) is 0 Å². The van der Waals surface area contributed by atoms with Gasteiger partial charge in [0, 0.05) is 5.56 Å². The molecule has 3 aromatic rings. The fourth-order valence-corrected chi connectivity index (χ4v) is 5.42. The van der Waals surface area contributed by atoms with Gasteiger partial charge in [-0.15, -0.1) is 0 Å². The van der Waals surface area contributed by atoms with Gasteiger partial charge in [-0.25, -0.2) is 0 Å². The minimum atomic E-state index is -3.93. The number of hydrogen-bond acceptors (Lipinski definition) is 5. The molecule has 0 saturated carbocycles. The second kappa shape index (κ2) is 6.60. The lowest BCUT2D eigenvalue weighted by Crippen LogP contribution is -2.23. The summed E-state index contributed by atoms with van der Waals surface area (Å²) < 4.78 is 30.5. The first-order valence-electron chi connectivity index (χ1n) is 8.34. The van der Waals surface area contributed by atoms with Crippen LogP contribution in [0.3, 0.4) is 0 Å². The van der Waals surface area contributed by atoms with E-state index in [1.165, 1.54) is 14.2 Å². The maximum Gasteiger partial charge on any atom is 0.347 e. The second-order valence-corrected chi connectivity index (χ2v) is 8.17. The summed E-state index contributed by atoms with van der Waals surface area (Å²) in [6.45, 7) is 0. The van der Waals surface area contributed by atoms with Gasteiger partial charge in [-0.05, 0) is 29.8 Å². The van der Waals surface area contributed by atoms with Gasteiger partial charge in [-0.3, -0.25) is 9.36 Å². The van der Waals surface area contributed by atoms with E-state index in [2.05, 4.69) is 0 Å². The van der Waals surface area contributed by atoms with Crippen LogP contribution in [0.1, 0.15) is 10.4 Å². The third kappa shape index (κ3) is 2.63. The standard InChI is InChI=1S/C21H17O5P/c1-24-17-11-7-12-18(25-2)20(17)21(22)27(23)19-13-6-4-9-15(19)14-8-3-5-10-16(14)26-27/h3-13H,1-2H3. The molecule has 0 fully saturated rings. The van der Waals surface area contributed by atoms with Gasteiger partial charge < -0.3 is 14.0 Å². The first kappa shape index (κ1) is 17.4. The van der Waals surface area contributed by atoms with Crippen molar-refractivity contribution < 1.29 is 23.4 Å². The molecule has 3 aromatic carbocycles. The molecular weight excluding hydrogens is 363 g/mol. The molecule has 0 aliphatic carbocycles. The summed E-state index contributed by atoms with van der Waals surface area (Å²) in [6, 6.07) is 19.3.